The Hall–Kier alpha value is -0.766. The van der Waals surface area contributed by atoms with Crippen LogP contribution in [-0.4, -0.2) is 27.7 Å². The van der Waals surface area contributed by atoms with E-state index in [1.165, 1.54) is 37.9 Å². The SMILES string of the molecule is C=CC[Si](CC=C)(CC=C)C(F)(F)F.C[Si](C)(C)C(F)(F)F. The first kappa shape index (κ1) is 23.5. The number of hydrogen-bond acceptors (Lipinski definition) is 0. The molecular formula is C14H24F6Si2. The van der Waals surface area contributed by atoms with E-state index < -0.39 is 27.7 Å². The fraction of sp³-hybridized carbons (Fsp3) is 0.571. The van der Waals surface area contributed by atoms with Crippen LogP contribution in [0.4, 0.5) is 26.3 Å². The van der Waals surface area contributed by atoms with Crippen LogP contribution in [0, 0.1) is 0 Å². The third-order valence-electron chi connectivity index (χ3n) is 3.06. The first-order valence-corrected chi connectivity index (χ1v) is 12.8. The van der Waals surface area contributed by atoms with Gasteiger partial charge in [-0.1, -0.05) is 37.9 Å². The third kappa shape index (κ3) is 7.48. The minimum absolute atomic E-state index is 0.0362. The molecule has 0 saturated heterocycles. The van der Waals surface area contributed by atoms with Crippen molar-refractivity contribution in [2.24, 2.45) is 0 Å². The Morgan fingerprint density at radius 2 is 0.909 bits per heavy atom. The Balaban J connectivity index is 0. The van der Waals surface area contributed by atoms with Crippen LogP contribution in [0.2, 0.25) is 37.8 Å². The normalized spacial score (nSPS) is 13.0. The van der Waals surface area contributed by atoms with Crippen LogP contribution in [0.1, 0.15) is 0 Å². The van der Waals surface area contributed by atoms with Crippen LogP contribution < -0.4 is 0 Å². The van der Waals surface area contributed by atoms with Gasteiger partial charge in [0.15, 0.2) is 16.1 Å². The maximum atomic E-state index is 12.9. The molecule has 0 saturated carbocycles. The van der Waals surface area contributed by atoms with Gasteiger partial charge in [0.25, 0.3) is 0 Å². The molecule has 0 aliphatic heterocycles. The molecule has 130 valence electrons. The molecule has 22 heavy (non-hydrogen) atoms. The molecule has 0 aliphatic rings. The standard InChI is InChI=1S/C10H15F3Si.C4H9F3Si/c1-4-7-14(8-5-2,9-6-3)10(11,12)13;1-8(2,3)4(5,6)7/h4-6H,1-3,7-9H2;1-3H3. The minimum Gasteiger partial charge on any atom is -0.177 e. The molecule has 8 heteroatoms. The third-order valence-corrected chi connectivity index (χ3v) is 9.17. The van der Waals surface area contributed by atoms with E-state index in [0.29, 0.717) is 0 Å². The molecule has 0 aromatic rings. The largest absolute Gasteiger partial charge is 0.362 e. The summed E-state index contributed by atoms with van der Waals surface area (Å²) < 4.78 is 73.4. The molecule has 0 aromatic heterocycles. The number of halogens is 6. The Morgan fingerprint density at radius 3 is 1.00 bits per heavy atom. The van der Waals surface area contributed by atoms with Crippen LogP contribution in [0.25, 0.3) is 0 Å². The molecule has 0 bridgehead atoms. The van der Waals surface area contributed by atoms with Gasteiger partial charge < -0.3 is 0 Å². The van der Waals surface area contributed by atoms with Gasteiger partial charge in [0.05, 0.1) is 0 Å². The van der Waals surface area contributed by atoms with Gasteiger partial charge in [0.1, 0.15) is 0 Å². The van der Waals surface area contributed by atoms with Crippen molar-refractivity contribution in [1.29, 1.82) is 0 Å². The maximum absolute atomic E-state index is 12.9. The summed E-state index contributed by atoms with van der Waals surface area (Å²) in [5.74, 6) is -8.03. The van der Waals surface area contributed by atoms with Crippen molar-refractivity contribution in [3.8, 4) is 0 Å². The van der Waals surface area contributed by atoms with E-state index in [1.54, 1.807) is 0 Å². The highest BCUT2D eigenvalue weighted by Gasteiger charge is 2.54. The fourth-order valence-corrected chi connectivity index (χ4v) is 4.28. The second kappa shape index (κ2) is 8.76. The lowest BCUT2D eigenvalue weighted by Crippen LogP contribution is -2.49. The molecule has 0 heterocycles. The van der Waals surface area contributed by atoms with Gasteiger partial charge in [-0.3, -0.25) is 0 Å². The second-order valence-corrected chi connectivity index (χ2v) is 15.4. The van der Waals surface area contributed by atoms with Gasteiger partial charge in [-0.05, 0) is 18.1 Å². The Kier molecular flexibility index (Phi) is 9.36. The molecular weight excluding hydrogens is 338 g/mol. The first-order chi connectivity index (χ1) is 9.68. The zero-order chi connectivity index (χ0) is 18.2. The van der Waals surface area contributed by atoms with Crippen molar-refractivity contribution in [3.63, 3.8) is 0 Å². The molecule has 0 unspecified atom stereocenters. The Bertz CT molecular complexity index is 324. The van der Waals surface area contributed by atoms with Crippen LogP contribution in [0.5, 0.6) is 0 Å². The van der Waals surface area contributed by atoms with Crippen LogP contribution in [0.3, 0.4) is 0 Å². The van der Waals surface area contributed by atoms with Gasteiger partial charge in [-0.15, -0.1) is 19.7 Å². The molecule has 0 N–H and O–H groups in total. The maximum Gasteiger partial charge on any atom is 0.362 e. The summed E-state index contributed by atoms with van der Waals surface area (Å²) in [6.07, 6.45) is 4.06. The quantitative estimate of drug-likeness (QED) is 0.287. The van der Waals surface area contributed by atoms with E-state index in [2.05, 4.69) is 19.7 Å². The average Bonchev–Trinajstić information content (AvgIpc) is 2.26. The van der Waals surface area contributed by atoms with Crippen molar-refractivity contribution in [2.75, 3.05) is 0 Å². The lowest BCUT2D eigenvalue weighted by molar-refractivity contribution is -0.0573. The lowest BCUT2D eigenvalue weighted by Gasteiger charge is -2.30. The summed E-state index contributed by atoms with van der Waals surface area (Å²) in [4.78, 5) is 0. The monoisotopic (exact) mass is 362 g/mol. The molecule has 0 fully saturated rings. The van der Waals surface area contributed by atoms with Crippen LogP contribution >= 0.6 is 0 Å². The number of hydrogen-bond donors (Lipinski definition) is 0. The summed E-state index contributed by atoms with van der Waals surface area (Å²) in [6, 6.07) is 0.109. The molecule has 0 atom stereocenters. The summed E-state index contributed by atoms with van der Waals surface area (Å²) in [5.41, 5.74) is 0. The molecule has 0 spiro atoms. The second-order valence-electron chi connectivity index (χ2n) is 6.00. The number of alkyl halides is 6. The topological polar surface area (TPSA) is 0 Å². The van der Waals surface area contributed by atoms with E-state index in [4.69, 9.17) is 0 Å². The van der Waals surface area contributed by atoms with E-state index in [0.717, 1.165) is 0 Å². The smallest absolute Gasteiger partial charge is 0.177 e. The summed E-state index contributed by atoms with van der Waals surface area (Å²) >= 11 is 0. The highest BCUT2D eigenvalue weighted by molar-refractivity contribution is 6.82. The molecule has 0 nitrogen and oxygen atoms in total. The van der Waals surface area contributed by atoms with Crippen molar-refractivity contribution < 1.29 is 26.3 Å². The zero-order valence-electron chi connectivity index (χ0n) is 13.2. The lowest BCUT2D eigenvalue weighted by atomic mass is 10.7. The van der Waals surface area contributed by atoms with Crippen LogP contribution in [0.15, 0.2) is 38.0 Å². The van der Waals surface area contributed by atoms with Crippen molar-refractivity contribution in [2.45, 2.75) is 49.4 Å². The molecule has 0 aromatic carbocycles. The molecule has 0 rings (SSSR count). The van der Waals surface area contributed by atoms with Gasteiger partial charge in [-0.2, -0.15) is 26.3 Å². The summed E-state index contributed by atoms with van der Waals surface area (Å²) in [6.45, 7) is 14.0. The summed E-state index contributed by atoms with van der Waals surface area (Å²) in [5, 5.41) is 0. The average molecular weight is 363 g/mol. The van der Waals surface area contributed by atoms with Gasteiger partial charge in [0, 0.05) is 0 Å². The van der Waals surface area contributed by atoms with E-state index in [9.17, 15) is 26.3 Å². The summed E-state index contributed by atoms with van der Waals surface area (Å²) in [7, 11) is -6.21. The number of rotatable bonds is 6. The van der Waals surface area contributed by atoms with Crippen molar-refractivity contribution >= 4 is 16.1 Å². The number of allylic oxidation sites excluding steroid dienone is 3. The Morgan fingerprint density at radius 1 is 0.682 bits per heavy atom. The van der Waals surface area contributed by atoms with Gasteiger partial charge >= 0.3 is 11.6 Å². The minimum atomic E-state index is -4.11. The van der Waals surface area contributed by atoms with Gasteiger partial charge in [-0.25, -0.2) is 0 Å². The van der Waals surface area contributed by atoms with E-state index >= 15 is 0 Å². The molecule has 0 aliphatic carbocycles. The Labute approximate surface area is 130 Å². The first-order valence-electron chi connectivity index (χ1n) is 6.64. The highest BCUT2D eigenvalue weighted by atomic mass is 28.3. The predicted molar refractivity (Wildman–Crippen MR) is 86.2 cm³/mol. The fourth-order valence-electron chi connectivity index (χ4n) is 1.43. The van der Waals surface area contributed by atoms with E-state index in [-0.39, 0.29) is 18.1 Å². The highest BCUT2D eigenvalue weighted by Crippen LogP contribution is 2.38. The van der Waals surface area contributed by atoms with Crippen molar-refractivity contribution in [1.82, 2.24) is 0 Å². The predicted octanol–water partition coefficient (Wildman–Crippen LogP) is 6.52. The van der Waals surface area contributed by atoms with E-state index in [1.807, 2.05) is 0 Å². The molecule has 0 radical (unpaired) electrons. The molecule has 0 amide bonds. The zero-order valence-corrected chi connectivity index (χ0v) is 15.2. The van der Waals surface area contributed by atoms with Crippen LogP contribution in [-0.2, 0) is 0 Å². The van der Waals surface area contributed by atoms with Crippen molar-refractivity contribution in [3.05, 3.63) is 38.0 Å². The van der Waals surface area contributed by atoms with Gasteiger partial charge in [0.2, 0.25) is 0 Å².